The van der Waals surface area contributed by atoms with Crippen molar-refractivity contribution < 1.29 is 0 Å². The second-order valence-corrected chi connectivity index (χ2v) is 6.11. The lowest BCUT2D eigenvalue weighted by atomic mass is 10.1. The third kappa shape index (κ3) is 2.80. The lowest BCUT2D eigenvalue weighted by Gasteiger charge is -2.08. The molecule has 0 unspecified atom stereocenters. The minimum Gasteiger partial charge on any atom is -0.275 e. The van der Waals surface area contributed by atoms with E-state index in [0.29, 0.717) is 11.0 Å². The summed E-state index contributed by atoms with van der Waals surface area (Å²) in [5.41, 5.74) is 3.64. The molecule has 4 nitrogen and oxygen atoms in total. The highest BCUT2D eigenvalue weighted by molar-refractivity contribution is 14.1. The molecule has 2 aromatic heterocycles. The van der Waals surface area contributed by atoms with Crippen molar-refractivity contribution in [1.82, 2.24) is 19.7 Å². The quantitative estimate of drug-likeness (QED) is 0.472. The summed E-state index contributed by atoms with van der Waals surface area (Å²) in [6.07, 6.45) is 1.91. The van der Waals surface area contributed by atoms with Gasteiger partial charge in [0.2, 0.25) is 0 Å². The van der Waals surface area contributed by atoms with Gasteiger partial charge in [0, 0.05) is 18.8 Å². The number of halogens is 2. The normalized spacial score (nSPS) is 10.9. The van der Waals surface area contributed by atoms with Crippen LogP contribution in [0.3, 0.4) is 0 Å². The maximum absolute atomic E-state index is 6.29. The Bertz CT molecular complexity index is 799. The van der Waals surface area contributed by atoms with Gasteiger partial charge >= 0.3 is 0 Å². The van der Waals surface area contributed by atoms with Crippen LogP contribution in [0, 0.1) is 10.5 Å². The van der Waals surface area contributed by atoms with E-state index in [9.17, 15) is 0 Å². The molecule has 0 aliphatic rings. The fraction of sp³-hybridized carbons (Fsp3) is 0.133. The zero-order valence-corrected chi connectivity index (χ0v) is 14.4. The van der Waals surface area contributed by atoms with Crippen molar-refractivity contribution in [3.8, 4) is 22.6 Å². The van der Waals surface area contributed by atoms with E-state index in [1.807, 2.05) is 50.5 Å². The van der Waals surface area contributed by atoms with Crippen molar-refractivity contribution in [1.29, 1.82) is 0 Å². The Kier molecular flexibility index (Phi) is 3.95. The van der Waals surface area contributed by atoms with Crippen LogP contribution in [0.25, 0.3) is 22.6 Å². The Morgan fingerprint density at radius 2 is 1.86 bits per heavy atom. The maximum atomic E-state index is 6.29. The van der Waals surface area contributed by atoms with Gasteiger partial charge in [-0.1, -0.05) is 41.9 Å². The molecule has 0 amide bonds. The van der Waals surface area contributed by atoms with E-state index < -0.39 is 0 Å². The van der Waals surface area contributed by atoms with Gasteiger partial charge in [-0.15, -0.1) is 0 Å². The molecule has 6 heteroatoms. The van der Waals surface area contributed by atoms with Crippen molar-refractivity contribution in [2.24, 2.45) is 7.05 Å². The predicted molar refractivity (Wildman–Crippen MR) is 92.1 cm³/mol. The van der Waals surface area contributed by atoms with Gasteiger partial charge in [0.25, 0.3) is 0 Å². The first-order valence-electron chi connectivity index (χ1n) is 6.35. The van der Waals surface area contributed by atoms with Gasteiger partial charge in [0.1, 0.15) is 5.15 Å². The first-order valence-corrected chi connectivity index (χ1v) is 7.81. The van der Waals surface area contributed by atoms with Crippen molar-refractivity contribution in [3.63, 3.8) is 0 Å². The molecule has 21 heavy (non-hydrogen) atoms. The summed E-state index contributed by atoms with van der Waals surface area (Å²) in [4.78, 5) is 9.09. The molecular weight excluding hydrogens is 399 g/mol. The Labute approximate surface area is 141 Å². The molecule has 0 saturated heterocycles. The summed E-state index contributed by atoms with van der Waals surface area (Å²) in [5.74, 6) is 0.602. The van der Waals surface area contributed by atoms with Gasteiger partial charge in [0.15, 0.2) is 5.82 Å². The third-order valence-electron chi connectivity index (χ3n) is 3.11. The van der Waals surface area contributed by atoms with Crippen LogP contribution in [0.1, 0.15) is 5.69 Å². The van der Waals surface area contributed by atoms with E-state index in [1.54, 1.807) is 4.68 Å². The fourth-order valence-electron chi connectivity index (χ4n) is 2.15. The molecule has 3 aromatic rings. The number of hydrogen-bond donors (Lipinski definition) is 0. The van der Waals surface area contributed by atoms with Crippen LogP contribution in [0.4, 0.5) is 0 Å². The van der Waals surface area contributed by atoms with Crippen LogP contribution in [0.2, 0.25) is 5.15 Å². The highest BCUT2D eigenvalue weighted by atomic mass is 127. The predicted octanol–water partition coefficient (Wildman–Crippen LogP) is 4.11. The molecule has 0 aliphatic heterocycles. The number of nitrogens with zero attached hydrogens (tertiary/aromatic N) is 4. The summed E-state index contributed by atoms with van der Waals surface area (Å²) in [7, 11) is 1.88. The zero-order chi connectivity index (χ0) is 15.0. The smallest absolute Gasteiger partial charge is 0.164 e. The number of aromatic nitrogens is 4. The summed E-state index contributed by atoms with van der Waals surface area (Å²) in [5, 5.41) is 4.79. The van der Waals surface area contributed by atoms with Crippen LogP contribution >= 0.6 is 34.2 Å². The number of rotatable bonds is 2. The lowest BCUT2D eigenvalue weighted by molar-refractivity contribution is 0.756. The highest BCUT2D eigenvalue weighted by Gasteiger charge is 2.16. The molecule has 1 aromatic carbocycles. The Morgan fingerprint density at radius 1 is 1.14 bits per heavy atom. The minimum atomic E-state index is 0.461. The van der Waals surface area contributed by atoms with Crippen molar-refractivity contribution in [3.05, 3.63) is 50.9 Å². The zero-order valence-electron chi connectivity index (χ0n) is 11.5. The van der Waals surface area contributed by atoms with Gasteiger partial charge in [-0.05, 0) is 29.5 Å². The van der Waals surface area contributed by atoms with Crippen LogP contribution < -0.4 is 0 Å². The molecule has 0 spiro atoms. The molecule has 0 aliphatic carbocycles. The van der Waals surface area contributed by atoms with Crippen molar-refractivity contribution in [2.75, 3.05) is 0 Å². The van der Waals surface area contributed by atoms with Crippen LogP contribution in [-0.2, 0) is 7.05 Å². The summed E-state index contributed by atoms with van der Waals surface area (Å²) in [6, 6.07) is 9.97. The van der Waals surface area contributed by atoms with Gasteiger partial charge in [-0.3, -0.25) is 4.68 Å². The van der Waals surface area contributed by atoms with E-state index >= 15 is 0 Å². The van der Waals surface area contributed by atoms with E-state index in [4.69, 9.17) is 16.6 Å². The largest absolute Gasteiger partial charge is 0.275 e. The average Bonchev–Trinajstić information content (AvgIpc) is 2.81. The third-order valence-corrected chi connectivity index (χ3v) is 4.73. The molecule has 0 saturated carbocycles. The van der Waals surface area contributed by atoms with E-state index in [2.05, 4.69) is 32.7 Å². The van der Waals surface area contributed by atoms with Crippen LogP contribution in [0.15, 0.2) is 36.5 Å². The number of benzene rings is 1. The molecule has 0 fully saturated rings. The first kappa shape index (κ1) is 14.5. The van der Waals surface area contributed by atoms with Gasteiger partial charge in [-0.2, -0.15) is 5.10 Å². The summed E-state index contributed by atoms with van der Waals surface area (Å²) in [6.45, 7) is 1.94. The summed E-state index contributed by atoms with van der Waals surface area (Å²) >= 11 is 8.47. The molecule has 106 valence electrons. The van der Waals surface area contributed by atoms with E-state index in [-0.39, 0.29) is 0 Å². The first-order chi connectivity index (χ1) is 10.1. The monoisotopic (exact) mass is 410 g/mol. The second kappa shape index (κ2) is 5.73. The molecular formula is C15H12ClIN4. The highest BCUT2D eigenvalue weighted by Crippen LogP contribution is 2.31. The van der Waals surface area contributed by atoms with Gasteiger partial charge in [0.05, 0.1) is 20.5 Å². The average molecular weight is 411 g/mol. The fourth-order valence-corrected chi connectivity index (χ4v) is 2.87. The molecule has 0 bridgehead atoms. The van der Waals surface area contributed by atoms with Gasteiger partial charge in [-0.25, -0.2) is 9.97 Å². The van der Waals surface area contributed by atoms with E-state index in [1.165, 1.54) is 0 Å². The topological polar surface area (TPSA) is 43.6 Å². The van der Waals surface area contributed by atoms with Crippen molar-refractivity contribution >= 4 is 34.2 Å². The SMILES string of the molecule is Cc1nn(C)cc1-c1nc(Cl)c(I)c(-c2ccccc2)n1. The Morgan fingerprint density at radius 3 is 2.48 bits per heavy atom. The van der Waals surface area contributed by atoms with Crippen LogP contribution in [0.5, 0.6) is 0 Å². The van der Waals surface area contributed by atoms with E-state index in [0.717, 1.165) is 26.1 Å². The Balaban J connectivity index is 2.21. The molecule has 2 heterocycles. The molecule has 3 rings (SSSR count). The standard InChI is InChI=1S/C15H12ClIN4/c1-9-11(8-21(2)20-9)15-18-13(12(17)14(16)19-15)10-6-4-3-5-7-10/h3-8H,1-2H3. The van der Waals surface area contributed by atoms with Crippen molar-refractivity contribution in [2.45, 2.75) is 6.92 Å². The lowest BCUT2D eigenvalue weighted by Crippen LogP contribution is -1.97. The Hall–Kier alpha value is -1.47. The minimum absolute atomic E-state index is 0.461. The molecule has 0 atom stereocenters. The summed E-state index contributed by atoms with van der Waals surface area (Å²) < 4.78 is 2.60. The second-order valence-electron chi connectivity index (χ2n) is 4.67. The van der Waals surface area contributed by atoms with Crippen LogP contribution in [-0.4, -0.2) is 19.7 Å². The maximum Gasteiger partial charge on any atom is 0.164 e. The molecule has 0 N–H and O–H groups in total. The number of aryl methyl sites for hydroxylation is 2. The number of hydrogen-bond acceptors (Lipinski definition) is 3. The molecule has 0 radical (unpaired) electrons. The van der Waals surface area contributed by atoms with Gasteiger partial charge < -0.3 is 0 Å².